The van der Waals surface area contributed by atoms with Crippen LogP contribution in [0.3, 0.4) is 0 Å². The summed E-state index contributed by atoms with van der Waals surface area (Å²) < 4.78 is 33.6. The molecule has 0 aliphatic carbocycles. The summed E-state index contributed by atoms with van der Waals surface area (Å²) in [5.74, 6) is 0.364. The standard InChI is InChI=1S/C28H30N4O4S2/c1-36-23-6-4-5-20(17-23)28(33)31-19-24-9-10-27(37-24)38(34,35)32-15-12-22(13-16-32)30-18-21-11-14-29-26-8-3-2-7-25(21)26/h2-11,14,17,22,30H,12-13,15-16,18-19H2,1H3,(H,31,33). The van der Waals surface area contributed by atoms with Crippen LogP contribution in [0, 0.1) is 0 Å². The van der Waals surface area contributed by atoms with E-state index in [0.29, 0.717) is 28.6 Å². The lowest BCUT2D eigenvalue weighted by molar-refractivity contribution is 0.0951. The molecule has 0 unspecified atom stereocenters. The molecule has 198 valence electrons. The third-order valence-electron chi connectivity index (χ3n) is 6.76. The number of nitrogens with one attached hydrogen (secondary N) is 2. The van der Waals surface area contributed by atoms with E-state index < -0.39 is 10.0 Å². The van der Waals surface area contributed by atoms with Crippen LogP contribution < -0.4 is 15.4 Å². The number of amides is 1. The van der Waals surface area contributed by atoms with Crippen molar-refractivity contribution >= 4 is 38.2 Å². The molecule has 3 heterocycles. The highest BCUT2D eigenvalue weighted by Crippen LogP contribution is 2.27. The van der Waals surface area contributed by atoms with Crippen molar-refractivity contribution < 1.29 is 17.9 Å². The number of nitrogens with zero attached hydrogens (tertiary/aromatic N) is 2. The van der Waals surface area contributed by atoms with E-state index in [9.17, 15) is 13.2 Å². The Balaban J connectivity index is 1.14. The van der Waals surface area contributed by atoms with Crippen molar-refractivity contribution in [2.24, 2.45) is 0 Å². The molecule has 1 aliphatic rings. The Morgan fingerprint density at radius 3 is 2.68 bits per heavy atom. The number of rotatable bonds is 9. The van der Waals surface area contributed by atoms with Gasteiger partial charge in [0.1, 0.15) is 9.96 Å². The normalized spacial score (nSPS) is 15.0. The molecule has 1 saturated heterocycles. The molecule has 8 nitrogen and oxygen atoms in total. The van der Waals surface area contributed by atoms with Crippen LogP contribution in [-0.2, 0) is 23.1 Å². The van der Waals surface area contributed by atoms with Gasteiger partial charge in [-0.25, -0.2) is 8.42 Å². The molecule has 10 heteroatoms. The van der Waals surface area contributed by atoms with Gasteiger partial charge in [-0.2, -0.15) is 4.31 Å². The molecular weight excluding hydrogens is 520 g/mol. The van der Waals surface area contributed by atoms with Crippen LogP contribution in [0.15, 0.2) is 77.1 Å². The van der Waals surface area contributed by atoms with E-state index in [1.54, 1.807) is 47.8 Å². The summed E-state index contributed by atoms with van der Waals surface area (Å²) in [4.78, 5) is 17.7. The van der Waals surface area contributed by atoms with Crippen molar-refractivity contribution in [3.8, 4) is 5.75 Å². The number of hydrogen-bond donors (Lipinski definition) is 2. The minimum absolute atomic E-state index is 0.240. The molecule has 1 fully saturated rings. The fourth-order valence-corrected chi connectivity index (χ4v) is 7.54. The Morgan fingerprint density at radius 2 is 1.87 bits per heavy atom. The maximum atomic E-state index is 13.3. The van der Waals surface area contributed by atoms with Crippen molar-refractivity contribution in [3.05, 3.63) is 88.9 Å². The molecular formula is C28H30N4O4S2. The number of sulfonamides is 1. The van der Waals surface area contributed by atoms with E-state index in [4.69, 9.17) is 4.74 Å². The first-order chi connectivity index (χ1) is 18.4. The number of fused-ring (bicyclic) bond motifs is 1. The smallest absolute Gasteiger partial charge is 0.252 e. The Bertz CT molecular complexity index is 1520. The van der Waals surface area contributed by atoms with Gasteiger partial charge in [-0.15, -0.1) is 11.3 Å². The molecule has 0 radical (unpaired) electrons. The van der Waals surface area contributed by atoms with Crippen molar-refractivity contribution in [2.75, 3.05) is 20.2 Å². The van der Waals surface area contributed by atoms with Crippen molar-refractivity contribution in [1.29, 1.82) is 0 Å². The highest BCUT2D eigenvalue weighted by Gasteiger charge is 2.30. The van der Waals surface area contributed by atoms with Gasteiger partial charge in [0.15, 0.2) is 0 Å². The summed E-state index contributed by atoms with van der Waals surface area (Å²) in [6, 6.07) is 20.7. The molecule has 2 aromatic heterocycles. The number of thiophene rings is 1. The number of carbonyl (C=O) groups is 1. The SMILES string of the molecule is COc1cccc(C(=O)NCc2ccc(S(=O)(=O)N3CCC(NCc4ccnc5ccccc45)CC3)s2)c1. The first-order valence-electron chi connectivity index (χ1n) is 12.5. The minimum atomic E-state index is -3.57. The van der Waals surface area contributed by atoms with Crippen LogP contribution in [0.25, 0.3) is 10.9 Å². The molecule has 0 spiro atoms. The fraction of sp³-hybridized carbons (Fsp3) is 0.286. The number of carbonyl (C=O) groups excluding carboxylic acids is 1. The second kappa shape index (κ2) is 11.6. The topological polar surface area (TPSA) is 101 Å². The molecule has 2 aromatic carbocycles. The zero-order chi connectivity index (χ0) is 26.5. The van der Waals surface area contributed by atoms with Gasteiger partial charge in [0.25, 0.3) is 15.9 Å². The number of methoxy groups -OCH3 is 1. The van der Waals surface area contributed by atoms with Crippen LogP contribution in [-0.4, -0.2) is 49.9 Å². The second-order valence-electron chi connectivity index (χ2n) is 9.18. The molecule has 1 amide bonds. The second-order valence-corrected chi connectivity index (χ2v) is 12.5. The summed E-state index contributed by atoms with van der Waals surface area (Å²) >= 11 is 1.20. The summed E-state index contributed by atoms with van der Waals surface area (Å²) in [5.41, 5.74) is 2.65. The number of benzene rings is 2. The number of aromatic nitrogens is 1. The van der Waals surface area contributed by atoms with E-state index in [-0.39, 0.29) is 18.5 Å². The zero-order valence-electron chi connectivity index (χ0n) is 21.1. The third-order valence-corrected chi connectivity index (χ3v) is 10.2. The van der Waals surface area contributed by atoms with Crippen LogP contribution in [0.2, 0.25) is 0 Å². The number of pyridine rings is 1. The van der Waals surface area contributed by atoms with Crippen LogP contribution in [0.4, 0.5) is 0 Å². The quantitative estimate of drug-likeness (QED) is 0.324. The van der Waals surface area contributed by atoms with Gasteiger partial charge >= 0.3 is 0 Å². The van der Waals surface area contributed by atoms with Crippen molar-refractivity contribution in [1.82, 2.24) is 19.9 Å². The van der Waals surface area contributed by atoms with E-state index >= 15 is 0 Å². The van der Waals surface area contributed by atoms with Gasteiger partial charge in [-0.3, -0.25) is 9.78 Å². The van der Waals surface area contributed by atoms with E-state index in [1.807, 2.05) is 30.5 Å². The minimum Gasteiger partial charge on any atom is -0.497 e. The van der Waals surface area contributed by atoms with Crippen LogP contribution >= 0.6 is 11.3 Å². The summed E-state index contributed by atoms with van der Waals surface area (Å²) in [6.07, 6.45) is 3.32. The van der Waals surface area contributed by atoms with Gasteiger partial charge in [0, 0.05) is 47.7 Å². The molecule has 4 aromatic rings. The molecule has 2 N–H and O–H groups in total. The summed E-state index contributed by atoms with van der Waals surface area (Å²) in [7, 11) is -2.02. The molecule has 5 rings (SSSR count). The Morgan fingerprint density at radius 1 is 1.05 bits per heavy atom. The Kier molecular flexibility index (Phi) is 8.04. The average Bonchev–Trinajstić information content (AvgIpc) is 3.45. The predicted molar refractivity (Wildman–Crippen MR) is 149 cm³/mol. The first kappa shape index (κ1) is 26.3. The maximum Gasteiger partial charge on any atom is 0.252 e. The van der Waals surface area contributed by atoms with Crippen LogP contribution in [0.1, 0.15) is 33.6 Å². The largest absolute Gasteiger partial charge is 0.497 e. The highest BCUT2D eigenvalue weighted by atomic mass is 32.2. The number of piperidine rings is 1. The number of hydrogen-bond acceptors (Lipinski definition) is 7. The Labute approximate surface area is 226 Å². The third kappa shape index (κ3) is 5.88. The lowest BCUT2D eigenvalue weighted by atomic mass is 10.1. The number of ether oxygens (including phenoxy) is 1. The molecule has 0 bridgehead atoms. The first-order valence-corrected chi connectivity index (χ1v) is 14.8. The van der Waals surface area contributed by atoms with Crippen molar-refractivity contribution in [2.45, 2.75) is 36.2 Å². The lowest BCUT2D eigenvalue weighted by Crippen LogP contribution is -2.44. The zero-order valence-corrected chi connectivity index (χ0v) is 22.7. The molecule has 1 aliphatic heterocycles. The predicted octanol–water partition coefficient (Wildman–Crippen LogP) is 4.18. The van der Waals surface area contributed by atoms with Gasteiger partial charge in [0.05, 0.1) is 19.2 Å². The average molecular weight is 551 g/mol. The van der Waals surface area contributed by atoms with Gasteiger partial charge in [-0.05, 0) is 60.9 Å². The summed E-state index contributed by atoms with van der Waals surface area (Å²) in [5, 5.41) is 7.58. The fourth-order valence-electron chi connectivity index (χ4n) is 4.62. The monoisotopic (exact) mass is 550 g/mol. The number of para-hydroxylation sites is 1. The van der Waals surface area contributed by atoms with E-state index in [2.05, 4.69) is 21.7 Å². The maximum absolute atomic E-state index is 13.3. The van der Waals surface area contributed by atoms with E-state index in [1.165, 1.54) is 16.9 Å². The Hall–Kier alpha value is -3.31. The molecule has 0 atom stereocenters. The lowest BCUT2D eigenvalue weighted by Gasteiger charge is -2.31. The van der Waals surface area contributed by atoms with Gasteiger partial charge < -0.3 is 15.4 Å². The molecule has 0 saturated carbocycles. The van der Waals surface area contributed by atoms with Crippen LogP contribution in [0.5, 0.6) is 5.75 Å². The van der Waals surface area contributed by atoms with Gasteiger partial charge in [0.2, 0.25) is 0 Å². The highest BCUT2D eigenvalue weighted by molar-refractivity contribution is 7.91. The molecule has 38 heavy (non-hydrogen) atoms. The van der Waals surface area contributed by atoms with E-state index in [0.717, 1.165) is 35.2 Å². The summed E-state index contributed by atoms with van der Waals surface area (Å²) in [6.45, 7) is 1.91. The van der Waals surface area contributed by atoms with Crippen molar-refractivity contribution in [3.63, 3.8) is 0 Å². The van der Waals surface area contributed by atoms with Gasteiger partial charge in [-0.1, -0.05) is 24.3 Å².